The summed E-state index contributed by atoms with van der Waals surface area (Å²) in [5, 5.41) is 2.95. The molecule has 1 aliphatic heterocycles. The molecule has 0 spiro atoms. The monoisotopic (exact) mass is 360 g/mol. The molecule has 25 heavy (non-hydrogen) atoms. The first-order valence-electron chi connectivity index (χ1n) is 7.74. The SMILES string of the molecule is CCOC(=O)c1sc(NC(=O)C[C@H]2OC(=O)c3ccccc32)nc1C. The molecule has 3 rings (SSSR count). The standard InChI is InChI=1S/C17H16N2O5S/c1-3-23-16(22)14-9(2)18-17(25-14)19-13(20)8-12-10-6-4-5-7-11(10)15(21)24-12/h4-7,12H,3,8H2,1-2H3,(H,18,19,20)/t12-/m1/s1. The van der Waals surface area contributed by atoms with Crippen LogP contribution in [-0.2, 0) is 14.3 Å². The van der Waals surface area contributed by atoms with Gasteiger partial charge in [0.1, 0.15) is 11.0 Å². The Kier molecular flexibility index (Phi) is 4.80. The number of hydrogen-bond donors (Lipinski definition) is 1. The molecule has 0 unspecified atom stereocenters. The third-order valence-corrected chi connectivity index (χ3v) is 4.70. The van der Waals surface area contributed by atoms with Crippen molar-refractivity contribution in [3.8, 4) is 0 Å². The summed E-state index contributed by atoms with van der Waals surface area (Å²) >= 11 is 1.05. The number of ether oxygens (including phenoxy) is 2. The second-order valence-corrected chi connectivity index (χ2v) is 6.39. The maximum atomic E-state index is 12.2. The zero-order valence-corrected chi connectivity index (χ0v) is 14.5. The number of carbonyl (C=O) groups is 3. The molecule has 0 bridgehead atoms. The number of nitrogens with zero attached hydrogens (tertiary/aromatic N) is 1. The fourth-order valence-corrected chi connectivity index (χ4v) is 3.42. The smallest absolute Gasteiger partial charge is 0.350 e. The van der Waals surface area contributed by atoms with E-state index in [1.807, 2.05) is 0 Å². The number of hydrogen-bond acceptors (Lipinski definition) is 7. The van der Waals surface area contributed by atoms with E-state index in [4.69, 9.17) is 9.47 Å². The molecule has 1 aromatic heterocycles. The number of benzene rings is 1. The summed E-state index contributed by atoms with van der Waals surface area (Å²) in [4.78, 5) is 40.4. The van der Waals surface area contributed by atoms with Gasteiger partial charge in [0.15, 0.2) is 5.13 Å². The quantitative estimate of drug-likeness (QED) is 0.824. The van der Waals surface area contributed by atoms with Crippen LogP contribution in [0.15, 0.2) is 24.3 Å². The average Bonchev–Trinajstić information content (AvgIpc) is 3.09. The molecule has 0 fully saturated rings. The molecule has 1 aliphatic rings. The van der Waals surface area contributed by atoms with E-state index in [1.165, 1.54) is 0 Å². The van der Waals surface area contributed by atoms with Crippen molar-refractivity contribution in [2.45, 2.75) is 26.4 Å². The Morgan fingerprint density at radius 3 is 2.88 bits per heavy atom. The molecule has 1 amide bonds. The van der Waals surface area contributed by atoms with Crippen LogP contribution in [0.2, 0.25) is 0 Å². The van der Waals surface area contributed by atoms with Crippen molar-refractivity contribution >= 4 is 34.3 Å². The molecule has 1 aromatic carbocycles. The lowest BCUT2D eigenvalue weighted by Gasteiger charge is -2.09. The Morgan fingerprint density at radius 1 is 1.36 bits per heavy atom. The minimum atomic E-state index is -0.616. The fourth-order valence-electron chi connectivity index (χ4n) is 2.55. The van der Waals surface area contributed by atoms with Gasteiger partial charge in [-0.05, 0) is 19.9 Å². The molecule has 2 aromatic rings. The van der Waals surface area contributed by atoms with Crippen molar-refractivity contribution in [2.24, 2.45) is 0 Å². The van der Waals surface area contributed by atoms with E-state index >= 15 is 0 Å². The number of fused-ring (bicyclic) bond motifs is 1. The van der Waals surface area contributed by atoms with Crippen LogP contribution >= 0.6 is 11.3 Å². The molecule has 130 valence electrons. The average molecular weight is 360 g/mol. The number of cyclic esters (lactones) is 1. The van der Waals surface area contributed by atoms with E-state index in [2.05, 4.69) is 10.3 Å². The highest BCUT2D eigenvalue weighted by Gasteiger charge is 2.32. The Morgan fingerprint density at radius 2 is 2.12 bits per heavy atom. The largest absolute Gasteiger partial charge is 0.462 e. The van der Waals surface area contributed by atoms with Gasteiger partial charge in [-0.25, -0.2) is 14.6 Å². The Balaban J connectivity index is 1.67. The first-order chi connectivity index (χ1) is 12.0. The molecule has 2 heterocycles. The van der Waals surface area contributed by atoms with Crippen LogP contribution in [-0.4, -0.2) is 29.4 Å². The van der Waals surface area contributed by atoms with Crippen LogP contribution < -0.4 is 5.32 Å². The molecule has 8 heteroatoms. The van der Waals surface area contributed by atoms with Crippen molar-refractivity contribution < 1.29 is 23.9 Å². The highest BCUT2D eigenvalue weighted by atomic mass is 32.1. The lowest BCUT2D eigenvalue weighted by atomic mass is 10.0. The summed E-state index contributed by atoms with van der Waals surface area (Å²) in [7, 11) is 0. The summed E-state index contributed by atoms with van der Waals surface area (Å²) in [6.07, 6.45) is -0.634. The number of aryl methyl sites for hydroxylation is 1. The minimum Gasteiger partial charge on any atom is -0.462 e. The van der Waals surface area contributed by atoms with Crippen LogP contribution in [0, 0.1) is 6.92 Å². The van der Waals surface area contributed by atoms with Crippen LogP contribution in [0.25, 0.3) is 0 Å². The molecule has 0 saturated carbocycles. The number of carbonyl (C=O) groups excluding carboxylic acids is 3. The zero-order valence-electron chi connectivity index (χ0n) is 13.7. The van der Waals surface area contributed by atoms with Gasteiger partial charge in [0.2, 0.25) is 5.91 Å². The Hall–Kier alpha value is -2.74. The van der Waals surface area contributed by atoms with E-state index in [1.54, 1.807) is 38.1 Å². The maximum Gasteiger partial charge on any atom is 0.350 e. The number of esters is 2. The normalized spacial score (nSPS) is 15.4. The van der Waals surface area contributed by atoms with E-state index in [0.29, 0.717) is 26.8 Å². The first-order valence-corrected chi connectivity index (χ1v) is 8.55. The first kappa shape index (κ1) is 17.1. The Labute approximate surface area is 148 Å². The van der Waals surface area contributed by atoms with Gasteiger partial charge in [0.25, 0.3) is 0 Å². The van der Waals surface area contributed by atoms with Crippen LogP contribution in [0.3, 0.4) is 0 Å². The number of amides is 1. The van der Waals surface area contributed by atoms with Crippen molar-refractivity contribution in [2.75, 3.05) is 11.9 Å². The van der Waals surface area contributed by atoms with Crippen LogP contribution in [0.5, 0.6) is 0 Å². The number of nitrogens with one attached hydrogen (secondary N) is 1. The lowest BCUT2D eigenvalue weighted by Crippen LogP contribution is -2.15. The molecule has 7 nitrogen and oxygen atoms in total. The third kappa shape index (κ3) is 3.53. The summed E-state index contributed by atoms with van der Waals surface area (Å²) in [6.45, 7) is 3.66. The fraction of sp³-hybridized carbons (Fsp3) is 0.294. The zero-order chi connectivity index (χ0) is 18.0. The number of thiazole rings is 1. The molecular weight excluding hydrogens is 344 g/mol. The van der Waals surface area contributed by atoms with Crippen molar-refractivity contribution in [1.29, 1.82) is 0 Å². The van der Waals surface area contributed by atoms with Gasteiger partial charge in [-0.1, -0.05) is 29.5 Å². The van der Waals surface area contributed by atoms with Gasteiger partial charge in [0.05, 0.1) is 24.3 Å². The van der Waals surface area contributed by atoms with Gasteiger partial charge in [-0.3, -0.25) is 4.79 Å². The van der Waals surface area contributed by atoms with E-state index in [-0.39, 0.29) is 18.9 Å². The molecule has 0 saturated heterocycles. The van der Waals surface area contributed by atoms with Gasteiger partial charge >= 0.3 is 11.9 Å². The number of anilines is 1. The highest BCUT2D eigenvalue weighted by molar-refractivity contribution is 7.17. The van der Waals surface area contributed by atoms with Crippen molar-refractivity contribution in [3.05, 3.63) is 46.0 Å². The topological polar surface area (TPSA) is 94.6 Å². The highest BCUT2D eigenvalue weighted by Crippen LogP contribution is 2.33. The second-order valence-electron chi connectivity index (χ2n) is 5.39. The van der Waals surface area contributed by atoms with Crippen LogP contribution in [0.4, 0.5) is 5.13 Å². The third-order valence-electron chi connectivity index (χ3n) is 3.65. The van der Waals surface area contributed by atoms with Crippen molar-refractivity contribution in [1.82, 2.24) is 4.98 Å². The summed E-state index contributed by atoms with van der Waals surface area (Å²) in [6, 6.07) is 6.98. The van der Waals surface area contributed by atoms with Crippen molar-refractivity contribution in [3.63, 3.8) is 0 Å². The van der Waals surface area contributed by atoms with E-state index in [9.17, 15) is 14.4 Å². The lowest BCUT2D eigenvalue weighted by molar-refractivity contribution is -0.118. The maximum absolute atomic E-state index is 12.2. The predicted molar refractivity (Wildman–Crippen MR) is 90.7 cm³/mol. The van der Waals surface area contributed by atoms with Gasteiger partial charge in [-0.2, -0.15) is 0 Å². The van der Waals surface area contributed by atoms with Gasteiger partial charge < -0.3 is 14.8 Å². The molecule has 0 radical (unpaired) electrons. The van der Waals surface area contributed by atoms with Crippen LogP contribution in [0.1, 0.15) is 50.7 Å². The van der Waals surface area contributed by atoms with E-state index in [0.717, 1.165) is 11.3 Å². The number of aromatic nitrogens is 1. The summed E-state index contributed by atoms with van der Waals surface area (Å²) in [5.41, 5.74) is 1.68. The number of rotatable bonds is 5. The minimum absolute atomic E-state index is 0.0177. The van der Waals surface area contributed by atoms with Gasteiger partial charge in [-0.15, -0.1) is 0 Å². The Bertz CT molecular complexity index is 845. The molecule has 1 atom stereocenters. The predicted octanol–water partition coefficient (Wildman–Crippen LogP) is 2.87. The summed E-state index contributed by atoms with van der Waals surface area (Å²) < 4.78 is 10.2. The molecule has 1 N–H and O–H groups in total. The van der Waals surface area contributed by atoms with Gasteiger partial charge in [0, 0.05) is 5.56 Å². The molecule has 0 aliphatic carbocycles. The second kappa shape index (κ2) is 7.02. The molecular formula is C17H16N2O5S. The summed E-state index contributed by atoms with van der Waals surface area (Å²) in [5.74, 6) is -1.24. The van der Waals surface area contributed by atoms with E-state index < -0.39 is 18.0 Å².